The standard InChI is InChI=1S/C19H16N4O4/c24-18-11-27-17-7-6-13(19(25)21-26)8-16(17)23(18)10-14-9-22(12-20-14)15-4-2-1-3-5-15/h1-9,12,26H,10-11H2,(H,21,25). The number of hydroxylamine groups is 1. The van der Waals surface area contributed by atoms with Crippen molar-refractivity contribution in [3.63, 3.8) is 0 Å². The highest BCUT2D eigenvalue weighted by molar-refractivity contribution is 6.00. The number of carbonyl (C=O) groups excluding carboxylic acids is 2. The van der Waals surface area contributed by atoms with Crippen molar-refractivity contribution in [2.45, 2.75) is 6.54 Å². The molecule has 0 radical (unpaired) electrons. The molecule has 0 fully saturated rings. The van der Waals surface area contributed by atoms with E-state index in [1.807, 2.05) is 41.1 Å². The maximum absolute atomic E-state index is 12.4. The third-order valence-electron chi connectivity index (χ3n) is 4.28. The van der Waals surface area contributed by atoms with Crippen LogP contribution in [0.3, 0.4) is 0 Å². The van der Waals surface area contributed by atoms with E-state index in [2.05, 4.69) is 4.98 Å². The predicted octanol–water partition coefficient (Wildman–Crippen LogP) is 1.92. The molecule has 2 amide bonds. The Balaban J connectivity index is 1.64. The minimum Gasteiger partial charge on any atom is -0.482 e. The van der Waals surface area contributed by atoms with Gasteiger partial charge in [0, 0.05) is 17.4 Å². The van der Waals surface area contributed by atoms with Gasteiger partial charge < -0.3 is 9.30 Å². The average molecular weight is 364 g/mol. The molecule has 1 aromatic heterocycles. The molecule has 2 heterocycles. The molecule has 0 saturated carbocycles. The van der Waals surface area contributed by atoms with Gasteiger partial charge in [-0.15, -0.1) is 0 Å². The monoisotopic (exact) mass is 364 g/mol. The van der Waals surface area contributed by atoms with E-state index >= 15 is 0 Å². The quantitative estimate of drug-likeness (QED) is 0.545. The Hall–Kier alpha value is -3.65. The van der Waals surface area contributed by atoms with Crippen LogP contribution in [0.4, 0.5) is 5.69 Å². The van der Waals surface area contributed by atoms with Crippen LogP contribution in [0.15, 0.2) is 61.1 Å². The van der Waals surface area contributed by atoms with Gasteiger partial charge in [-0.3, -0.25) is 19.7 Å². The first kappa shape index (κ1) is 16.8. The minimum atomic E-state index is -0.663. The summed E-state index contributed by atoms with van der Waals surface area (Å²) in [4.78, 5) is 30.0. The van der Waals surface area contributed by atoms with Crippen LogP contribution < -0.4 is 15.1 Å². The van der Waals surface area contributed by atoms with Crippen molar-refractivity contribution in [1.29, 1.82) is 0 Å². The lowest BCUT2D eigenvalue weighted by atomic mass is 10.1. The number of fused-ring (bicyclic) bond motifs is 1. The highest BCUT2D eigenvalue weighted by Gasteiger charge is 2.27. The molecular weight excluding hydrogens is 348 g/mol. The Bertz CT molecular complexity index is 1000. The van der Waals surface area contributed by atoms with Gasteiger partial charge >= 0.3 is 0 Å². The predicted molar refractivity (Wildman–Crippen MR) is 95.9 cm³/mol. The first-order valence-electron chi connectivity index (χ1n) is 8.25. The van der Waals surface area contributed by atoms with Crippen LogP contribution in [0, 0.1) is 0 Å². The zero-order valence-corrected chi connectivity index (χ0v) is 14.2. The molecule has 0 unspecified atom stereocenters. The van der Waals surface area contributed by atoms with Gasteiger partial charge in [0.15, 0.2) is 6.61 Å². The second-order valence-corrected chi connectivity index (χ2v) is 6.00. The molecule has 4 rings (SSSR count). The first-order valence-corrected chi connectivity index (χ1v) is 8.25. The summed E-state index contributed by atoms with van der Waals surface area (Å²) < 4.78 is 7.31. The molecule has 27 heavy (non-hydrogen) atoms. The van der Waals surface area contributed by atoms with Crippen LogP contribution in [0.2, 0.25) is 0 Å². The van der Waals surface area contributed by atoms with Crippen molar-refractivity contribution in [3.05, 3.63) is 72.3 Å². The number of ether oxygens (including phenoxy) is 1. The van der Waals surface area contributed by atoms with Crippen molar-refractivity contribution in [3.8, 4) is 11.4 Å². The number of hydrogen-bond acceptors (Lipinski definition) is 5. The Morgan fingerprint density at radius 3 is 2.81 bits per heavy atom. The molecule has 1 aliphatic rings. The zero-order valence-electron chi connectivity index (χ0n) is 14.2. The molecule has 3 aromatic rings. The number of nitrogens with zero attached hydrogens (tertiary/aromatic N) is 3. The van der Waals surface area contributed by atoms with Crippen molar-refractivity contribution >= 4 is 17.5 Å². The molecule has 2 N–H and O–H groups in total. The van der Waals surface area contributed by atoms with Crippen LogP contribution in [0.1, 0.15) is 16.1 Å². The second-order valence-electron chi connectivity index (χ2n) is 6.00. The van der Waals surface area contributed by atoms with Crippen LogP contribution >= 0.6 is 0 Å². The number of imidazole rings is 1. The summed E-state index contributed by atoms with van der Waals surface area (Å²) in [5.41, 5.74) is 3.92. The van der Waals surface area contributed by atoms with Crippen LogP contribution in [0.5, 0.6) is 5.75 Å². The van der Waals surface area contributed by atoms with Gasteiger partial charge in [0.2, 0.25) is 0 Å². The fourth-order valence-corrected chi connectivity index (χ4v) is 2.93. The highest BCUT2D eigenvalue weighted by Crippen LogP contribution is 2.34. The Kier molecular flexibility index (Phi) is 4.31. The number of benzene rings is 2. The Morgan fingerprint density at radius 2 is 2.04 bits per heavy atom. The SMILES string of the molecule is O=C(NO)c1ccc2c(c1)N(Cc1cn(-c3ccccc3)cn1)C(=O)CO2. The van der Waals surface area contributed by atoms with E-state index in [0.717, 1.165) is 5.69 Å². The van der Waals surface area contributed by atoms with E-state index in [4.69, 9.17) is 9.94 Å². The number of amides is 2. The van der Waals surface area contributed by atoms with E-state index in [0.29, 0.717) is 17.1 Å². The summed E-state index contributed by atoms with van der Waals surface area (Å²) in [5.74, 6) is -0.408. The molecule has 0 aliphatic carbocycles. The lowest BCUT2D eigenvalue weighted by Gasteiger charge is -2.29. The molecule has 1 aliphatic heterocycles. The minimum absolute atomic E-state index is 0.0854. The second kappa shape index (κ2) is 6.93. The fourth-order valence-electron chi connectivity index (χ4n) is 2.93. The van der Waals surface area contributed by atoms with Gasteiger partial charge in [0.1, 0.15) is 5.75 Å². The molecule has 136 valence electrons. The van der Waals surface area contributed by atoms with Crippen LogP contribution in [-0.4, -0.2) is 33.2 Å². The molecule has 0 spiro atoms. The third kappa shape index (κ3) is 3.25. The van der Waals surface area contributed by atoms with E-state index in [1.165, 1.54) is 17.0 Å². The number of hydrogen-bond donors (Lipinski definition) is 2. The molecule has 8 nitrogen and oxygen atoms in total. The first-order chi connectivity index (χ1) is 13.2. The van der Waals surface area contributed by atoms with Gasteiger partial charge in [-0.05, 0) is 30.3 Å². The number of para-hydroxylation sites is 1. The maximum atomic E-state index is 12.4. The Morgan fingerprint density at radius 1 is 1.22 bits per heavy atom. The van der Waals surface area contributed by atoms with Crippen molar-refractivity contribution in [2.75, 3.05) is 11.5 Å². The number of carbonyl (C=O) groups is 2. The van der Waals surface area contributed by atoms with Gasteiger partial charge in [0.25, 0.3) is 11.8 Å². The van der Waals surface area contributed by atoms with E-state index in [1.54, 1.807) is 17.9 Å². The van der Waals surface area contributed by atoms with E-state index < -0.39 is 5.91 Å². The highest BCUT2D eigenvalue weighted by atomic mass is 16.5. The smallest absolute Gasteiger partial charge is 0.274 e. The largest absolute Gasteiger partial charge is 0.482 e. The molecule has 2 aromatic carbocycles. The van der Waals surface area contributed by atoms with Gasteiger partial charge in [0.05, 0.1) is 24.3 Å². The lowest BCUT2D eigenvalue weighted by molar-refractivity contribution is -0.121. The molecule has 0 saturated heterocycles. The maximum Gasteiger partial charge on any atom is 0.274 e. The lowest BCUT2D eigenvalue weighted by Crippen LogP contribution is -2.38. The average Bonchev–Trinajstić information content (AvgIpc) is 3.18. The summed E-state index contributed by atoms with van der Waals surface area (Å²) in [6.07, 6.45) is 3.54. The zero-order chi connectivity index (χ0) is 18.8. The summed E-state index contributed by atoms with van der Waals surface area (Å²) in [6, 6.07) is 14.3. The number of nitrogens with one attached hydrogen (secondary N) is 1. The van der Waals surface area contributed by atoms with Gasteiger partial charge in [-0.25, -0.2) is 10.5 Å². The molecule has 0 bridgehead atoms. The van der Waals surface area contributed by atoms with Gasteiger partial charge in [-0.1, -0.05) is 18.2 Å². The number of rotatable bonds is 4. The van der Waals surface area contributed by atoms with Crippen LogP contribution in [-0.2, 0) is 11.3 Å². The van der Waals surface area contributed by atoms with Crippen molar-refractivity contribution in [1.82, 2.24) is 15.0 Å². The Labute approximate surface area is 154 Å². The summed E-state index contributed by atoms with van der Waals surface area (Å²) in [7, 11) is 0. The molecule has 8 heteroatoms. The number of anilines is 1. The van der Waals surface area contributed by atoms with Crippen molar-refractivity contribution < 1.29 is 19.5 Å². The molecular formula is C19H16N4O4. The normalized spacial score (nSPS) is 13.1. The summed E-state index contributed by atoms with van der Waals surface area (Å²) >= 11 is 0. The molecule has 0 atom stereocenters. The summed E-state index contributed by atoms with van der Waals surface area (Å²) in [6.45, 7) is 0.150. The topological polar surface area (TPSA) is 96.7 Å². The third-order valence-corrected chi connectivity index (χ3v) is 4.28. The van der Waals surface area contributed by atoms with Crippen molar-refractivity contribution in [2.24, 2.45) is 0 Å². The fraction of sp³-hybridized carbons (Fsp3) is 0.105. The van der Waals surface area contributed by atoms with E-state index in [-0.39, 0.29) is 24.6 Å². The van der Waals surface area contributed by atoms with E-state index in [9.17, 15) is 9.59 Å². The van der Waals surface area contributed by atoms with Crippen LogP contribution in [0.25, 0.3) is 5.69 Å². The summed E-state index contributed by atoms with van der Waals surface area (Å²) in [5, 5.41) is 8.83. The number of aromatic nitrogens is 2. The van der Waals surface area contributed by atoms with Gasteiger partial charge in [-0.2, -0.15) is 0 Å².